The summed E-state index contributed by atoms with van der Waals surface area (Å²) in [7, 11) is 0. The minimum absolute atomic E-state index is 0.0676. The first kappa shape index (κ1) is 15.6. The molecule has 1 N–H and O–H groups in total. The summed E-state index contributed by atoms with van der Waals surface area (Å²) in [5.74, 6) is 1.15. The lowest BCUT2D eigenvalue weighted by Gasteiger charge is -2.41. The molecular weight excluding hydrogens is 280 g/mol. The minimum atomic E-state index is -0.453. The van der Waals surface area contributed by atoms with E-state index >= 15 is 0 Å². The summed E-state index contributed by atoms with van der Waals surface area (Å²) in [6, 6.07) is 0. The Morgan fingerprint density at radius 1 is 1.32 bits per heavy atom. The van der Waals surface area contributed by atoms with Crippen molar-refractivity contribution in [1.29, 1.82) is 0 Å². The van der Waals surface area contributed by atoms with Crippen molar-refractivity contribution in [1.82, 2.24) is 10.2 Å². The molecule has 3 rings (SSSR count). The van der Waals surface area contributed by atoms with E-state index in [9.17, 15) is 9.59 Å². The second-order valence-electron chi connectivity index (χ2n) is 8.28. The predicted octanol–water partition coefficient (Wildman–Crippen LogP) is 2.55. The molecule has 5 heteroatoms. The van der Waals surface area contributed by atoms with Gasteiger partial charge in [-0.1, -0.05) is 12.8 Å². The second kappa shape index (κ2) is 5.43. The monoisotopic (exact) mass is 308 g/mol. The van der Waals surface area contributed by atoms with Crippen LogP contribution in [0.25, 0.3) is 0 Å². The Kier molecular flexibility index (Phi) is 3.86. The zero-order chi connectivity index (χ0) is 16.0. The first-order valence-electron chi connectivity index (χ1n) is 8.55. The van der Waals surface area contributed by atoms with Crippen LogP contribution in [0.15, 0.2) is 0 Å². The van der Waals surface area contributed by atoms with Crippen molar-refractivity contribution < 1.29 is 14.3 Å². The van der Waals surface area contributed by atoms with Gasteiger partial charge in [-0.05, 0) is 46.0 Å². The molecule has 1 aliphatic carbocycles. The summed E-state index contributed by atoms with van der Waals surface area (Å²) >= 11 is 0. The van der Waals surface area contributed by atoms with Crippen LogP contribution in [-0.2, 0) is 9.53 Å². The van der Waals surface area contributed by atoms with Crippen molar-refractivity contribution in [3.8, 4) is 0 Å². The summed E-state index contributed by atoms with van der Waals surface area (Å²) in [5, 5.41) is 3.07. The van der Waals surface area contributed by atoms with Gasteiger partial charge in [-0.2, -0.15) is 0 Å². The van der Waals surface area contributed by atoms with E-state index in [2.05, 4.69) is 5.32 Å². The Morgan fingerprint density at radius 3 is 2.50 bits per heavy atom. The average molecular weight is 308 g/mol. The number of hydrogen-bond donors (Lipinski definition) is 1. The molecule has 124 valence electrons. The third-order valence-corrected chi connectivity index (χ3v) is 5.35. The van der Waals surface area contributed by atoms with Gasteiger partial charge >= 0.3 is 6.09 Å². The quantitative estimate of drug-likeness (QED) is 0.853. The molecule has 0 aromatic carbocycles. The molecule has 0 aromatic heterocycles. The van der Waals surface area contributed by atoms with Crippen molar-refractivity contribution in [2.45, 2.75) is 58.5 Å². The molecule has 3 aliphatic rings. The molecule has 3 fully saturated rings. The van der Waals surface area contributed by atoms with E-state index in [1.165, 1.54) is 12.8 Å². The number of amides is 2. The fourth-order valence-corrected chi connectivity index (χ4v) is 3.82. The standard InChI is InChI=1S/C17H28N2O3/c1-16(2,3)22-15(21)19-8-6-17(7-9-19)11-18-14(20)13(17)10-12-4-5-12/h12-13H,4-11H2,1-3H3,(H,18,20)/t13-/m1/s1. The lowest BCUT2D eigenvalue weighted by atomic mass is 9.69. The van der Waals surface area contributed by atoms with E-state index in [4.69, 9.17) is 4.74 Å². The van der Waals surface area contributed by atoms with Gasteiger partial charge in [0.2, 0.25) is 5.91 Å². The third kappa shape index (κ3) is 3.23. The number of carbonyl (C=O) groups excluding carboxylic acids is 2. The molecule has 0 radical (unpaired) electrons. The molecule has 0 unspecified atom stereocenters. The van der Waals surface area contributed by atoms with Crippen molar-refractivity contribution in [2.24, 2.45) is 17.3 Å². The number of carbonyl (C=O) groups is 2. The van der Waals surface area contributed by atoms with Gasteiger partial charge < -0.3 is 15.0 Å². The summed E-state index contributed by atoms with van der Waals surface area (Å²) in [6.45, 7) is 7.85. The summed E-state index contributed by atoms with van der Waals surface area (Å²) in [6.07, 6.45) is 5.19. The fraction of sp³-hybridized carbons (Fsp3) is 0.882. The SMILES string of the molecule is CC(C)(C)OC(=O)N1CCC2(CC1)CNC(=O)[C@H]2CC1CC1. The Hall–Kier alpha value is -1.26. The van der Waals surface area contributed by atoms with Crippen molar-refractivity contribution in [3.05, 3.63) is 0 Å². The molecule has 2 aliphatic heterocycles. The van der Waals surface area contributed by atoms with Gasteiger partial charge in [0.25, 0.3) is 0 Å². The summed E-state index contributed by atoms with van der Waals surface area (Å²) < 4.78 is 5.46. The maximum absolute atomic E-state index is 12.2. The lowest BCUT2D eigenvalue weighted by molar-refractivity contribution is -0.124. The van der Waals surface area contributed by atoms with Crippen LogP contribution < -0.4 is 5.32 Å². The Morgan fingerprint density at radius 2 is 1.95 bits per heavy atom. The van der Waals surface area contributed by atoms with Gasteiger partial charge in [0, 0.05) is 31.0 Å². The Bertz CT molecular complexity index is 457. The maximum atomic E-state index is 12.2. The summed E-state index contributed by atoms with van der Waals surface area (Å²) in [5.41, 5.74) is -0.385. The molecule has 2 saturated heterocycles. The van der Waals surface area contributed by atoms with Crippen molar-refractivity contribution in [3.63, 3.8) is 0 Å². The maximum Gasteiger partial charge on any atom is 0.410 e. The number of nitrogens with one attached hydrogen (secondary N) is 1. The van der Waals surface area contributed by atoms with E-state index in [0.29, 0.717) is 13.1 Å². The smallest absolute Gasteiger partial charge is 0.410 e. The van der Waals surface area contributed by atoms with Gasteiger partial charge in [-0.25, -0.2) is 4.79 Å². The van der Waals surface area contributed by atoms with Crippen molar-refractivity contribution in [2.75, 3.05) is 19.6 Å². The van der Waals surface area contributed by atoms with E-state index < -0.39 is 5.60 Å². The summed E-state index contributed by atoms with van der Waals surface area (Å²) in [4.78, 5) is 26.2. The van der Waals surface area contributed by atoms with Crippen molar-refractivity contribution >= 4 is 12.0 Å². The van der Waals surface area contributed by atoms with Crippen LogP contribution in [0.2, 0.25) is 0 Å². The first-order chi connectivity index (χ1) is 10.3. The van der Waals surface area contributed by atoms with Gasteiger partial charge in [0.1, 0.15) is 5.60 Å². The third-order valence-electron chi connectivity index (χ3n) is 5.35. The molecule has 5 nitrogen and oxygen atoms in total. The largest absolute Gasteiger partial charge is 0.444 e. The molecule has 1 spiro atoms. The zero-order valence-corrected chi connectivity index (χ0v) is 14.0. The molecule has 1 saturated carbocycles. The van der Waals surface area contributed by atoms with Crippen LogP contribution in [0.3, 0.4) is 0 Å². The number of nitrogens with zero attached hydrogens (tertiary/aromatic N) is 1. The van der Waals surface area contributed by atoms with Crippen LogP contribution in [-0.4, -0.2) is 42.1 Å². The zero-order valence-electron chi connectivity index (χ0n) is 14.0. The van der Waals surface area contributed by atoms with Crippen LogP contribution in [0, 0.1) is 17.3 Å². The highest BCUT2D eigenvalue weighted by Gasteiger charge is 2.51. The molecule has 2 heterocycles. The lowest BCUT2D eigenvalue weighted by Crippen LogP contribution is -2.48. The van der Waals surface area contributed by atoms with Crippen LogP contribution in [0.1, 0.15) is 52.9 Å². The minimum Gasteiger partial charge on any atom is -0.444 e. The Labute approximate surface area is 132 Å². The predicted molar refractivity (Wildman–Crippen MR) is 83.3 cm³/mol. The van der Waals surface area contributed by atoms with E-state index in [1.54, 1.807) is 4.90 Å². The molecule has 2 amide bonds. The average Bonchev–Trinajstić information content (AvgIpc) is 3.20. The van der Waals surface area contributed by atoms with E-state index in [-0.39, 0.29) is 23.3 Å². The highest BCUT2D eigenvalue weighted by molar-refractivity contribution is 5.82. The molecular formula is C17H28N2O3. The van der Waals surface area contributed by atoms with E-state index in [0.717, 1.165) is 31.7 Å². The van der Waals surface area contributed by atoms with E-state index in [1.807, 2.05) is 20.8 Å². The van der Waals surface area contributed by atoms with Crippen LogP contribution in [0.4, 0.5) is 4.79 Å². The number of piperidine rings is 1. The number of ether oxygens (including phenoxy) is 1. The number of likely N-dealkylation sites (tertiary alicyclic amines) is 1. The second-order valence-corrected chi connectivity index (χ2v) is 8.28. The molecule has 0 bridgehead atoms. The van der Waals surface area contributed by atoms with Gasteiger partial charge in [0.05, 0.1) is 0 Å². The van der Waals surface area contributed by atoms with Gasteiger partial charge in [-0.3, -0.25) is 4.79 Å². The molecule has 0 aromatic rings. The van der Waals surface area contributed by atoms with Gasteiger partial charge in [-0.15, -0.1) is 0 Å². The normalized spacial score (nSPS) is 27.9. The fourth-order valence-electron chi connectivity index (χ4n) is 3.82. The Balaban J connectivity index is 1.60. The molecule has 22 heavy (non-hydrogen) atoms. The van der Waals surface area contributed by atoms with Crippen LogP contribution >= 0.6 is 0 Å². The molecule has 1 atom stereocenters. The highest BCUT2D eigenvalue weighted by Crippen LogP contribution is 2.48. The number of hydrogen-bond acceptors (Lipinski definition) is 3. The van der Waals surface area contributed by atoms with Crippen LogP contribution in [0.5, 0.6) is 0 Å². The topological polar surface area (TPSA) is 58.6 Å². The number of rotatable bonds is 2. The highest BCUT2D eigenvalue weighted by atomic mass is 16.6. The van der Waals surface area contributed by atoms with Gasteiger partial charge in [0.15, 0.2) is 0 Å². The first-order valence-corrected chi connectivity index (χ1v) is 8.55.